The van der Waals surface area contributed by atoms with E-state index in [1.165, 1.54) is 19.4 Å². The van der Waals surface area contributed by atoms with Crippen molar-refractivity contribution in [3.05, 3.63) is 24.4 Å². The van der Waals surface area contributed by atoms with Crippen LogP contribution in [0, 0.1) is 0 Å². The number of aromatic nitrogens is 1. The van der Waals surface area contributed by atoms with Crippen LogP contribution < -0.4 is 10.2 Å². The molecule has 152 valence electrons. The van der Waals surface area contributed by atoms with Crippen LogP contribution in [-0.4, -0.2) is 93.4 Å². The van der Waals surface area contributed by atoms with E-state index >= 15 is 0 Å². The first kappa shape index (κ1) is 22.2. The van der Waals surface area contributed by atoms with Crippen molar-refractivity contribution in [3.63, 3.8) is 0 Å². The van der Waals surface area contributed by atoms with Gasteiger partial charge < -0.3 is 19.9 Å². The molecule has 0 bridgehead atoms. The predicted molar refractivity (Wildman–Crippen MR) is 121 cm³/mol. The molecule has 27 heavy (non-hydrogen) atoms. The Bertz CT molecular complexity index is 544. The number of guanidine groups is 1. The number of nitrogens with one attached hydrogen (secondary N) is 1. The predicted octanol–water partition coefficient (Wildman–Crippen LogP) is 1.51. The minimum Gasteiger partial charge on any atom is -0.379 e. The lowest BCUT2D eigenvalue weighted by Gasteiger charge is -2.37. The van der Waals surface area contributed by atoms with Crippen LogP contribution in [0.3, 0.4) is 0 Å². The van der Waals surface area contributed by atoms with Crippen LogP contribution in [0.1, 0.15) is 12.8 Å². The van der Waals surface area contributed by atoms with Crippen molar-refractivity contribution in [2.24, 2.45) is 4.99 Å². The summed E-state index contributed by atoms with van der Waals surface area (Å²) in [6.07, 6.45) is 4.25. The van der Waals surface area contributed by atoms with E-state index in [1.807, 2.05) is 25.4 Å². The topological polar surface area (TPSA) is 56.2 Å². The molecular weight excluding hydrogens is 455 g/mol. The second kappa shape index (κ2) is 12.4. The zero-order valence-corrected chi connectivity index (χ0v) is 18.7. The van der Waals surface area contributed by atoms with Gasteiger partial charge in [0, 0.05) is 59.1 Å². The summed E-state index contributed by atoms with van der Waals surface area (Å²) in [5.41, 5.74) is 0. The molecule has 2 saturated heterocycles. The van der Waals surface area contributed by atoms with Crippen LogP contribution in [0.25, 0.3) is 0 Å². The van der Waals surface area contributed by atoms with Crippen molar-refractivity contribution in [2.45, 2.75) is 12.8 Å². The number of hydrogen-bond donors (Lipinski definition) is 1. The molecule has 1 N–H and O–H groups in total. The summed E-state index contributed by atoms with van der Waals surface area (Å²) in [5.74, 6) is 2.09. The molecule has 2 aliphatic rings. The maximum absolute atomic E-state index is 5.39. The quantitative estimate of drug-likeness (QED) is 0.284. The molecule has 0 spiro atoms. The van der Waals surface area contributed by atoms with Gasteiger partial charge in [-0.2, -0.15) is 0 Å². The van der Waals surface area contributed by atoms with Gasteiger partial charge in [0.05, 0.1) is 13.2 Å². The van der Waals surface area contributed by atoms with Gasteiger partial charge in [0.2, 0.25) is 0 Å². The molecule has 0 saturated carbocycles. The molecule has 3 heterocycles. The number of hydrogen-bond acceptors (Lipinski definition) is 5. The Kier molecular flexibility index (Phi) is 10.1. The molecule has 1 aromatic rings. The third-order valence-electron chi connectivity index (χ3n) is 5.05. The van der Waals surface area contributed by atoms with E-state index in [1.54, 1.807) is 0 Å². The molecule has 0 amide bonds. The minimum atomic E-state index is 0. The molecule has 0 aliphatic carbocycles. The van der Waals surface area contributed by atoms with Crippen LogP contribution in [0.4, 0.5) is 5.82 Å². The van der Waals surface area contributed by atoms with Gasteiger partial charge in [0.15, 0.2) is 5.96 Å². The van der Waals surface area contributed by atoms with Crippen molar-refractivity contribution in [3.8, 4) is 0 Å². The van der Waals surface area contributed by atoms with Gasteiger partial charge in [-0.25, -0.2) is 4.98 Å². The van der Waals surface area contributed by atoms with E-state index in [4.69, 9.17) is 4.74 Å². The second-order valence-electron chi connectivity index (χ2n) is 6.80. The number of ether oxygens (including phenoxy) is 1. The molecular formula is C19H33IN6O. The lowest BCUT2D eigenvalue weighted by molar-refractivity contribution is 0.0372. The highest BCUT2D eigenvalue weighted by molar-refractivity contribution is 14.0. The van der Waals surface area contributed by atoms with Crippen LogP contribution in [0.2, 0.25) is 0 Å². The van der Waals surface area contributed by atoms with E-state index in [0.29, 0.717) is 0 Å². The maximum atomic E-state index is 5.39. The SMILES string of the molecule is CN=C(NCCCCN1CCOCC1)N1CCN(c2ccccn2)CC1.I. The monoisotopic (exact) mass is 488 g/mol. The summed E-state index contributed by atoms with van der Waals surface area (Å²) in [6.45, 7) is 10.00. The Morgan fingerprint density at radius 2 is 1.89 bits per heavy atom. The van der Waals surface area contributed by atoms with Crippen molar-refractivity contribution in [2.75, 3.05) is 77.5 Å². The smallest absolute Gasteiger partial charge is 0.193 e. The molecule has 2 aliphatic heterocycles. The van der Waals surface area contributed by atoms with Gasteiger partial charge >= 0.3 is 0 Å². The van der Waals surface area contributed by atoms with E-state index in [-0.39, 0.29) is 24.0 Å². The van der Waals surface area contributed by atoms with Gasteiger partial charge in [-0.05, 0) is 31.5 Å². The maximum Gasteiger partial charge on any atom is 0.193 e. The lowest BCUT2D eigenvalue weighted by Crippen LogP contribution is -2.52. The van der Waals surface area contributed by atoms with Crippen LogP contribution >= 0.6 is 24.0 Å². The van der Waals surface area contributed by atoms with Crippen molar-refractivity contribution < 1.29 is 4.74 Å². The van der Waals surface area contributed by atoms with Gasteiger partial charge in [0.25, 0.3) is 0 Å². The van der Waals surface area contributed by atoms with Gasteiger partial charge in [0.1, 0.15) is 5.82 Å². The molecule has 7 nitrogen and oxygen atoms in total. The molecule has 1 aromatic heterocycles. The van der Waals surface area contributed by atoms with Crippen LogP contribution in [0.15, 0.2) is 29.4 Å². The average molecular weight is 488 g/mol. The number of piperazine rings is 1. The van der Waals surface area contributed by atoms with Crippen molar-refractivity contribution in [1.82, 2.24) is 20.1 Å². The average Bonchev–Trinajstić information content (AvgIpc) is 2.72. The summed E-state index contributed by atoms with van der Waals surface area (Å²) < 4.78 is 5.39. The molecule has 0 radical (unpaired) electrons. The summed E-state index contributed by atoms with van der Waals surface area (Å²) >= 11 is 0. The third kappa shape index (κ3) is 7.08. The van der Waals surface area contributed by atoms with Crippen LogP contribution in [-0.2, 0) is 4.74 Å². The van der Waals surface area contributed by atoms with Gasteiger partial charge in [-0.3, -0.25) is 9.89 Å². The Balaban J connectivity index is 0.00000261. The highest BCUT2D eigenvalue weighted by Gasteiger charge is 2.20. The molecule has 2 fully saturated rings. The summed E-state index contributed by atoms with van der Waals surface area (Å²) in [6, 6.07) is 6.09. The first-order valence-electron chi connectivity index (χ1n) is 9.78. The molecule has 8 heteroatoms. The highest BCUT2D eigenvalue weighted by Crippen LogP contribution is 2.12. The Morgan fingerprint density at radius 3 is 2.56 bits per heavy atom. The van der Waals surface area contributed by atoms with E-state index in [2.05, 4.69) is 36.1 Å². The summed E-state index contributed by atoms with van der Waals surface area (Å²) in [7, 11) is 1.88. The number of morpholine rings is 1. The largest absolute Gasteiger partial charge is 0.379 e. The Morgan fingerprint density at radius 1 is 1.11 bits per heavy atom. The third-order valence-corrected chi connectivity index (χ3v) is 5.05. The molecule has 0 atom stereocenters. The second-order valence-corrected chi connectivity index (χ2v) is 6.80. The number of nitrogens with zero attached hydrogens (tertiary/aromatic N) is 5. The number of anilines is 1. The first-order valence-corrected chi connectivity index (χ1v) is 9.78. The van der Waals surface area contributed by atoms with Crippen molar-refractivity contribution >= 4 is 35.8 Å². The summed E-state index contributed by atoms with van der Waals surface area (Å²) in [4.78, 5) is 16.1. The number of aliphatic imine (C=N–C) groups is 1. The fourth-order valence-corrected chi connectivity index (χ4v) is 3.51. The van der Waals surface area contributed by atoms with E-state index in [9.17, 15) is 0 Å². The number of pyridine rings is 1. The van der Waals surface area contributed by atoms with E-state index in [0.717, 1.165) is 70.8 Å². The molecule has 0 aromatic carbocycles. The van der Waals surface area contributed by atoms with Crippen LogP contribution in [0.5, 0.6) is 0 Å². The number of halogens is 1. The standard InChI is InChI=1S/C19H32N6O.HI/c1-20-19(22-8-4-5-9-23-14-16-26-17-15-23)25-12-10-24(11-13-25)18-6-2-3-7-21-18;/h2-3,6-7H,4-5,8-17H2,1H3,(H,20,22);1H. The number of unbranched alkanes of at least 4 members (excludes halogenated alkanes) is 1. The van der Waals surface area contributed by atoms with Gasteiger partial charge in [-0.15, -0.1) is 24.0 Å². The zero-order chi connectivity index (χ0) is 18.0. The zero-order valence-electron chi connectivity index (χ0n) is 16.3. The fourth-order valence-electron chi connectivity index (χ4n) is 3.51. The number of rotatable bonds is 6. The fraction of sp³-hybridized carbons (Fsp3) is 0.684. The molecule has 3 rings (SSSR count). The highest BCUT2D eigenvalue weighted by atomic mass is 127. The normalized spacial score (nSPS) is 18.9. The van der Waals surface area contributed by atoms with Crippen molar-refractivity contribution in [1.29, 1.82) is 0 Å². The summed E-state index contributed by atoms with van der Waals surface area (Å²) in [5, 5.41) is 3.53. The van der Waals surface area contributed by atoms with Gasteiger partial charge in [-0.1, -0.05) is 6.07 Å². The Labute approximate surface area is 180 Å². The van der Waals surface area contributed by atoms with E-state index < -0.39 is 0 Å². The molecule has 0 unspecified atom stereocenters. The Hall–Kier alpha value is -1.13. The lowest BCUT2D eigenvalue weighted by atomic mass is 10.2. The first-order chi connectivity index (χ1) is 12.9. The minimum absolute atomic E-state index is 0.